The average Bonchev–Trinajstić information content (AvgIpc) is 2.59. The van der Waals surface area contributed by atoms with Gasteiger partial charge in [0.1, 0.15) is 6.73 Å². The molecule has 0 atom stereocenters. The van der Waals surface area contributed by atoms with E-state index in [-0.39, 0.29) is 0 Å². The molecule has 23 heavy (non-hydrogen) atoms. The third-order valence-corrected chi connectivity index (χ3v) is 4.80. The predicted molar refractivity (Wildman–Crippen MR) is 97.7 cm³/mol. The van der Waals surface area contributed by atoms with E-state index in [4.69, 9.17) is 4.74 Å². The van der Waals surface area contributed by atoms with Crippen LogP contribution in [0, 0.1) is 0 Å². The summed E-state index contributed by atoms with van der Waals surface area (Å²) < 4.78 is 5.40. The second-order valence-electron chi connectivity index (χ2n) is 5.17. The maximum atomic E-state index is 5.40. The zero-order chi connectivity index (χ0) is 16.4. The summed E-state index contributed by atoms with van der Waals surface area (Å²) in [4.78, 5) is 14.4. The molecule has 120 valence electrons. The molecule has 1 aromatic carbocycles. The fraction of sp³-hybridized carbons (Fsp3) is 0.294. The van der Waals surface area contributed by atoms with Gasteiger partial charge in [0.15, 0.2) is 11.6 Å². The predicted octanol–water partition coefficient (Wildman–Crippen LogP) is 4.02. The number of hydrogen-bond acceptors (Lipinski definition) is 6. The molecule has 0 bridgehead atoms. The van der Waals surface area contributed by atoms with E-state index in [1.165, 1.54) is 10.5 Å². The van der Waals surface area contributed by atoms with Crippen LogP contribution in [0.1, 0.15) is 12.5 Å². The molecule has 0 saturated heterocycles. The summed E-state index contributed by atoms with van der Waals surface area (Å²) in [5.74, 6) is 1.65. The molecule has 0 aliphatic carbocycles. The van der Waals surface area contributed by atoms with Gasteiger partial charge in [-0.2, -0.15) is 0 Å². The lowest BCUT2D eigenvalue weighted by Gasteiger charge is -2.36. The number of aromatic nitrogens is 2. The summed E-state index contributed by atoms with van der Waals surface area (Å²) in [7, 11) is 3.71. The van der Waals surface area contributed by atoms with Gasteiger partial charge in [0.25, 0.3) is 0 Å². The molecule has 6 heteroatoms. The SMILES string of the molecule is CC=C(SC)c1ccc2c(c1)N(COC)c1nccnc1N2C. The first-order valence-corrected chi connectivity index (χ1v) is 8.59. The number of allylic oxidation sites excluding steroid dienone is 1. The fourth-order valence-corrected chi connectivity index (χ4v) is 3.42. The van der Waals surface area contributed by atoms with E-state index in [1.807, 2.05) is 7.05 Å². The number of rotatable bonds is 4. The highest BCUT2D eigenvalue weighted by molar-refractivity contribution is 8.07. The van der Waals surface area contributed by atoms with E-state index in [0.717, 1.165) is 23.0 Å². The Bertz CT molecular complexity index is 747. The highest BCUT2D eigenvalue weighted by Crippen LogP contribution is 2.46. The summed E-state index contributed by atoms with van der Waals surface area (Å²) >= 11 is 1.74. The molecule has 1 aromatic heterocycles. The molecule has 3 rings (SSSR count). The molecule has 2 heterocycles. The minimum Gasteiger partial charge on any atom is -0.364 e. The summed E-state index contributed by atoms with van der Waals surface area (Å²) in [6.07, 6.45) is 7.65. The van der Waals surface area contributed by atoms with Crippen molar-refractivity contribution in [1.29, 1.82) is 0 Å². The van der Waals surface area contributed by atoms with Gasteiger partial charge < -0.3 is 9.64 Å². The molecule has 0 unspecified atom stereocenters. The molecule has 1 aliphatic rings. The highest BCUT2D eigenvalue weighted by atomic mass is 32.2. The van der Waals surface area contributed by atoms with Gasteiger partial charge in [-0.05, 0) is 30.9 Å². The molecular formula is C17H20N4OS. The van der Waals surface area contributed by atoms with Crippen molar-refractivity contribution in [2.45, 2.75) is 6.92 Å². The smallest absolute Gasteiger partial charge is 0.178 e. The standard InChI is InChI=1S/C17H20N4OS/c1-5-15(23-4)12-6-7-13-14(10-12)21(11-22-3)17-16(20(13)2)18-8-9-19-17/h5-10H,11H2,1-4H3. The van der Waals surface area contributed by atoms with Crippen LogP contribution in [0.4, 0.5) is 23.0 Å². The minimum absolute atomic E-state index is 0.431. The third-order valence-electron chi connectivity index (χ3n) is 3.89. The summed E-state index contributed by atoms with van der Waals surface area (Å²) in [5.41, 5.74) is 3.36. The minimum atomic E-state index is 0.431. The topological polar surface area (TPSA) is 41.5 Å². The van der Waals surface area contributed by atoms with Crippen LogP contribution >= 0.6 is 11.8 Å². The Morgan fingerprint density at radius 1 is 1.22 bits per heavy atom. The van der Waals surface area contributed by atoms with E-state index in [1.54, 1.807) is 31.3 Å². The van der Waals surface area contributed by atoms with E-state index in [0.29, 0.717) is 6.73 Å². The molecule has 0 amide bonds. The first kappa shape index (κ1) is 15.8. The first-order chi connectivity index (χ1) is 11.2. The van der Waals surface area contributed by atoms with E-state index >= 15 is 0 Å². The lowest BCUT2D eigenvalue weighted by atomic mass is 10.1. The van der Waals surface area contributed by atoms with Gasteiger partial charge in [0.2, 0.25) is 0 Å². The third kappa shape index (κ3) is 2.68. The number of anilines is 4. The van der Waals surface area contributed by atoms with Crippen molar-refractivity contribution in [2.75, 3.05) is 36.9 Å². The molecule has 0 N–H and O–H groups in total. The largest absolute Gasteiger partial charge is 0.364 e. The number of thioether (sulfide) groups is 1. The van der Waals surface area contributed by atoms with Crippen LogP contribution in [-0.4, -0.2) is 37.1 Å². The number of methoxy groups -OCH3 is 1. The normalized spacial score (nSPS) is 13.8. The monoisotopic (exact) mass is 328 g/mol. The van der Waals surface area contributed by atoms with Gasteiger partial charge in [0, 0.05) is 31.5 Å². The number of benzene rings is 1. The quantitative estimate of drug-likeness (QED) is 0.844. The van der Waals surface area contributed by atoms with Crippen molar-refractivity contribution in [1.82, 2.24) is 9.97 Å². The van der Waals surface area contributed by atoms with E-state index in [9.17, 15) is 0 Å². The summed E-state index contributed by atoms with van der Waals surface area (Å²) in [6.45, 7) is 2.49. The van der Waals surface area contributed by atoms with Gasteiger partial charge in [-0.3, -0.25) is 4.90 Å². The van der Waals surface area contributed by atoms with Crippen molar-refractivity contribution in [3.8, 4) is 0 Å². The van der Waals surface area contributed by atoms with Crippen LogP contribution < -0.4 is 9.80 Å². The second-order valence-corrected chi connectivity index (χ2v) is 6.02. The second kappa shape index (κ2) is 6.60. The fourth-order valence-electron chi connectivity index (χ4n) is 2.82. The Kier molecular flexibility index (Phi) is 4.54. The molecule has 2 aromatic rings. The Morgan fingerprint density at radius 3 is 2.61 bits per heavy atom. The number of nitrogens with zero attached hydrogens (tertiary/aromatic N) is 4. The molecular weight excluding hydrogens is 308 g/mol. The van der Waals surface area contributed by atoms with Crippen LogP contribution in [0.25, 0.3) is 4.91 Å². The number of ether oxygens (including phenoxy) is 1. The van der Waals surface area contributed by atoms with Crippen LogP contribution in [0.2, 0.25) is 0 Å². The van der Waals surface area contributed by atoms with Gasteiger partial charge in [-0.15, -0.1) is 11.8 Å². The van der Waals surface area contributed by atoms with Crippen molar-refractivity contribution >= 4 is 39.7 Å². The first-order valence-electron chi connectivity index (χ1n) is 7.37. The Morgan fingerprint density at radius 2 is 1.96 bits per heavy atom. The molecule has 1 aliphatic heterocycles. The van der Waals surface area contributed by atoms with E-state index < -0.39 is 0 Å². The summed E-state index contributed by atoms with van der Waals surface area (Å²) in [6, 6.07) is 6.46. The van der Waals surface area contributed by atoms with Gasteiger partial charge in [-0.25, -0.2) is 9.97 Å². The van der Waals surface area contributed by atoms with Crippen molar-refractivity contribution in [3.63, 3.8) is 0 Å². The molecule has 0 radical (unpaired) electrons. The van der Waals surface area contributed by atoms with Crippen molar-refractivity contribution < 1.29 is 4.74 Å². The van der Waals surface area contributed by atoms with Crippen LogP contribution in [0.5, 0.6) is 0 Å². The lowest BCUT2D eigenvalue weighted by molar-refractivity contribution is 0.205. The molecule has 0 spiro atoms. The van der Waals surface area contributed by atoms with Gasteiger partial charge in [-0.1, -0.05) is 12.1 Å². The summed E-state index contributed by atoms with van der Waals surface area (Å²) in [5, 5.41) is 0. The van der Waals surface area contributed by atoms with Crippen LogP contribution in [0.15, 0.2) is 36.7 Å². The van der Waals surface area contributed by atoms with Gasteiger partial charge in [0.05, 0.1) is 11.4 Å². The number of hydrogen-bond donors (Lipinski definition) is 0. The van der Waals surface area contributed by atoms with Crippen molar-refractivity contribution in [3.05, 3.63) is 42.2 Å². The maximum absolute atomic E-state index is 5.40. The number of fused-ring (bicyclic) bond motifs is 2. The van der Waals surface area contributed by atoms with Crippen molar-refractivity contribution in [2.24, 2.45) is 0 Å². The highest BCUT2D eigenvalue weighted by Gasteiger charge is 2.28. The average molecular weight is 328 g/mol. The molecule has 5 nitrogen and oxygen atoms in total. The Balaban J connectivity index is 2.17. The van der Waals surface area contributed by atoms with Gasteiger partial charge >= 0.3 is 0 Å². The Labute approximate surface area is 141 Å². The van der Waals surface area contributed by atoms with Crippen LogP contribution in [-0.2, 0) is 4.74 Å². The zero-order valence-electron chi connectivity index (χ0n) is 13.8. The zero-order valence-corrected chi connectivity index (χ0v) is 14.6. The molecule has 0 fully saturated rings. The molecule has 0 saturated carbocycles. The van der Waals surface area contributed by atoms with Crippen LogP contribution in [0.3, 0.4) is 0 Å². The van der Waals surface area contributed by atoms with E-state index in [2.05, 4.69) is 57.2 Å². The maximum Gasteiger partial charge on any atom is 0.178 e. The Hall–Kier alpha value is -2.05. The lowest BCUT2D eigenvalue weighted by Crippen LogP contribution is -2.30.